The van der Waals surface area contributed by atoms with Crippen molar-refractivity contribution in [2.24, 2.45) is 5.92 Å². The molecule has 6 heteroatoms. The Kier molecular flexibility index (Phi) is 5.77. The number of carbonyl (C=O) groups excluding carboxylic acids is 2. The second-order valence-corrected chi connectivity index (χ2v) is 5.47. The Balaban J connectivity index is 1.84. The molecule has 3 N–H and O–H groups in total. The first kappa shape index (κ1) is 16.3. The lowest BCUT2D eigenvalue weighted by atomic mass is 10.2. The van der Waals surface area contributed by atoms with Crippen molar-refractivity contribution in [3.05, 3.63) is 29.8 Å². The number of aliphatic hydroxyl groups excluding tert-OH is 1. The number of carbonyl (C=O) groups is 2. The molecule has 1 aromatic rings. The van der Waals surface area contributed by atoms with Crippen molar-refractivity contribution in [3.63, 3.8) is 0 Å². The van der Waals surface area contributed by atoms with Crippen molar-refractivity contribution in [1.82, 2.24) is 5.32 Å². The molecule has 2 rings (SSSR count). The first-order valence-electron chi connectivity index (χ1n) is 7.52. The fourth-order valence-corrected chi connectivity index (χ4v) is 2.22. The molecule has 1 saturated carbocycles. The van der Waals surface area contributed by atoms with Gasteiger partial charge in [0, 0.05) is 18.3 Å². The highest BCUT2D eigenvalue weighted by Gasteiger charge is 2.29. The predicted molar refractivity (Wildman–Crippen MR) is 82.6 cm³/mol. The second kappa shape index (κ2) is 7.79. The topological polar surface area (TPSA) is 87.7 Å². The molecular formula is C16H22N2O4. The maximum Gasteiger partial charge on any atom is 0.340 e. The van der Waals surface area contributed by atoms with E-state index < -0.39 is 5.97 Å². The highest BCUT2D eigenvalue weighted by molar-refractivity contribution is 5.96. The van der Waals surface area contributed by atoms with Gasteiger partial charge in [0.05, 0.1) is 12.2 Å². The molecule has 1 aromatic carbocycles. The summed E-state index contributed by atoms with van der Waals surface area (Å²) in [4.78, 5) is 23.8. The normalized spacial score (nSPS) is 15.0. The number of esters is 1. The lowest BCUT2D eigenvalue weighted by Gasteiger charge is -2.14. The van der Waals surface area contributed by atoms with Gasteiger partial charge in [-0.15, -0.1) is 0 Å². The average Bonchev–Trinajstić information content (AvgIpc) is 3.35. The van der Waals surface area contributed by atoms with Crippen LogP contribution in [0.2, 0.25) is 0 Å². The van der Waals surface area contributed by atoms with Crippen LogP contribution in [0.15, 0.2) is 24.3 Å². The number of benzene rings is 1. The third-order valence-corrected chi connectivity index (χ3v) is 3.63. The SMILES string of the molecule is C[C@@H](NC(=O)COC(=O)c1ccccc1NCCO)C1CC1. The quantitative estimate of drug-likeness (QED) is 0.627. The summed E-state index contributed by atoms with van der Waals surface area (Å²) in [6, 6.07) is 6.97. The van der Waals surface area contributed by atoms with Gasteiger partial charge in [-0.05, 0) is 37.8 Å². The number of hydrogen-bond donors (Lipinski definition) is 3. The summed E-state index contributed by atoms with van der Waals surface area (Å²) in [6.45, 7) is 1.98. The van der Waals surface area contributed by atoms with Crippen molar-refractivity contribution >= 4 is 17.6 Å². The van der Waals surface area contributed by atoms with Crippen molar-refractivity contribution in [3.8, 4) is 0 Å². The predicted octanol–water partition coefficient (Wildman–Crippen LogP) is 1.16. The largest absolute Gasteiger partial charge is 0.452 e. The highest BCUT2D eigenvalue weighted by Crippen LogP contribution is 2.32. The average molecular weight is 306 g/mol. The fraction of sp³-hybridized carbons (Fsp3) is 0.500. The van der Waals surface area contributed by atoms with Gasteiger partial charge in [-0.25, -0.2) is 4.79 Å². The van der Waals surface area contributed by atoms with Gasteiger partial charge < -0.3 is 20.5 Å². The molecule has 1 atom stereocenters. The van der Waals surface area contributed by atoms with Crippen molar-refractivity contribution in [2.75, 3.05) is 25.1 Å². The van der Waals surface area contributed by atoms with Gasteiger partial charge in [0.25, 0.3) is 5.91 Å². The van der Waals surface area contributed by atoms with Crippen LogP contribution < -0.4 is 10.6 Å². The van der Waals surface area contributed by atoms with E-state index in [1.807, 2.05) is 6.92 Å². The smallest absolute Gasteiger partial charge is 0.340 e. The zero-order valence-electron chi connectivity index (χ0n) is 12.7. The van der Waals surface area contributed by atoms with E-state index in [0.29, 0.717) is 23.7 Å². The van der Waals surface area contributed by atoms with Crippen LogP contribution in [0.5, 0.6) is 0 Å². The molecule has 0 radical (unpaired) electrons. The van der Waals surface area contributed by atoms with Crippen molar-refractivity contribution in [1.29, 1.82) is 0 Å². The Labute approximate surface area is 129 Å². The number of amides is 1. The van der Waals surface area contributed by atoms with Crippen LogP contribution in [0.4, 0.5) is 5.69 Å². The molecule has 0 bridgehead atoms. The number of nitrogens with one attached hydrogen (secondary N) is 2. The lowest BCUT2D eigenvalue weighted by molar-refractivity contribution is -0.124. The Hall–Kier alpha value is -2.08. The minimum absolute atomic E-state index is 0.0369. The van der Waals surface area contributed by atoms with Gasteiger partial charge in [0.15, 0.2) is 6.61 Å². The third kappa shape index (κ3) is 4.73. The molecule has 1 fully saturated rings. The Morgan fingerprint density at radius 2 is 2.09 bits per heavy atom. The highest BCUT2D eigenvalue weighted by atomic mass is 16.5. The third-order valence-electron chi connectivity index (χ3n) is 3.63. The molecule has 0 spiro atoms. The zero-order valence-corrected chi connectivity index (χ0v) is 12.7. The van der Waals surface area contributed by atoms with Crippen LogP contribution in [0, 0.1) is 5.92 Å². The Bertz CT molecular complexity index is 529. The minimum atomic E-state index is -0.560. The number of aliphatic hydroxyl groups is 1. The van der Waals surface area contributed by atoms with Crippen LogP contribution in [-0.4, -0.2) is 42.8 Å². The summed E-state index contributed by atoms with van der Waals surface area (Å²) < 4.78 is 5.06. The van der Waals surface area contributed by atoms with Gasteiger partial charge in [0.2, 0.25) is 0 Å². The molecule has 22 heavy (non-hydrogen) atoms. The van der Waals surface area contributed by atoms with Crippen molar-refractivity contribution < 1.29 is 19.4 Å². The number of ether oxygens (including phenoxy) is 1. The molecule has 0 aromatic heterocycles. The molecule has 1 aliphatic carbocycles. The molecule has 120 valence electrons. The summed E-state index contributed by atoms with van der Waals surface area (Å²) in [5.41, 5.74) is 0.923. The monoisotopic (exact) mass is 306 g/mol. The van der Waals surface area contributed by atoms with Crippen LogP contribution in [0.25, 0.3) is 0 Å². The molecule has 6 nitrogen and oxygen atoms in total. The van der Waals surface area contributed by atoms with Gasteiger partial charge in [0.1, 0.15) is 0 Å². The van der Waals surface area contributed by atoms with E-state index in [1.165, 1.54) is 0 Å². The maximum absolute atomic E-state index is 12.1. The van der Waals surface area contributed by atoms with E-state index in [9.17, 15) is 9.59 Å². The maximum atomic E-state index is 12.1. The van der Waals surface area contributed by atoms with Crippen LogP contribution >= 0.6 is 0 Å². The Morgan fingerprint density at radius 1 is 1.36 bits per heavy atom. The van der Waals surface area contributed by atoms with Crippen molar-refractivity contribution in [2.45, 2.75) is 25.8 Å². The lowest BCUT2D eigenvalue weighted by Crippen LogP contribution is -2.37. The van der Waals surface area contributed by atoms with E-state index in [0.717, 1.165) is 12.8 Å². The molecule has 0 saturated heterocycles. The first-order valence-corrected chi connectivity index (χ1v) is 7.52. The summed E-state index contributed by atoms with van der Waals surface area (Å²) in [5.74, 6) is -0.285. The summed E-state index contributed by atoms with van der Waals surface area (Å²) in [6.07, 6.45) is 2.29. The van der Waals surface area contributed by atoms with Crippen LogP contribution in [0.3, 0.4) is 0 Å². The summed E-state index contributed by atoms with van der Waals surface area (Å²) >= 11 is 0. The van der Waals surface area contributed by atoms with Gasteiger partial charge >= 0.3 is 5.97 Å². The molecule has 0 aliphatic heterocycles. The van der Waals surface area contributed by atoms with E-state index in [1.54, 1.807) is 24.3 Å². The number of anilines is 1. The van der Waals surface area contributed by atoms with Gasteiger partial charge in [-0.2, -0.15) is 0 Å². The van der Waals surface area contributed by atoms with E-state index in [4.69, 9.17) is 9.84 Å². The number of hydrogen-bond acceptors (Lipinski definition) is 5. The molecule has 1 aliphatic rings. The summed E-state index contributed by atoms with van der Waals surface area (Å²) in [7, 11) is 0. The van der Waals surface area contributed by atoms with Gasteiger partial charge in [-0.1, -0.05) is 12.1 Å². The van der Waals surface area contributed by atoms with Gasteiger partial charge in [-0.3, -0.25) is 4.79 Å². The number of rotatable bonds is 8. The second-order valence-electron chi connectivity index (χ2n) is 5.47. The first-order chi connectivity index (χ1) is 10.6. The number of para-hydroxylation sites is 1. The Morgan fingerprint density at radius 3 is 2.77 bits per heavy atom. The van der Waals surface area contributed by atoms with Crippen LogP contribution in [0.1, 0.15) is 30.1 Å². The molecule has 0 heterocycles. The van der Waals surface area contributed by atoms with Crippen LogP contribution in [-0.2, 0) is 9.53 Å². The standard InChI is InChI=1S/C16H22N2O4/c1-11(12-6-7-12)18-15(20)10-22-16(21)13-4-2-3-5-14(13)17-8-9-19/h2-5,11-12,17,19H,6-10H2,1H3,(H,18,20)/t11-/m1/s1. The minimum Gasteiger partial charge on any atom is -0.452 e. The summed E-state index contributed by atoms with van der Waals surface area (Å²) in [5, 5.41) is 14.6. The fourth-order valence-electron chi connectivity index (χ4n) is 2.22. The van der Waals surface area contributed by atoms with E-state index >= 15 is 0 Å². The zero-order chi connectivity index (χ0) is 15.9. The molecule has 0 unspecified atom stereocenters. The molecular weight excluding hydrogens is 284 g/mol. The van der Waals surface area contributed by atoms with E-state index in [2.05, 4.69) is 10.6 Å². The van der Waals surface area contributed by atoms with E-state index in [-0.39, 0.29) is 25.2 Å². The molecule has 1 amide bonds.